The van der Waals surface area contributed by atoms with Crippen molar-refractivity contribution in [2.75, 3.05) is 0 Å². The summed E-state index contributed by atoms with van der Waals surface area (Å²) in [7, 11) is 0. The fourth-order valence-corrected chi connectivity index (χ4v) is 3.47. The van der Waals surface area contributed by atoms with Gasteiger partial charge in [-0.25, -0.2) is 0 Å². The highest BCUT2D eigenvalue weighted by molar-refractivity contribution is 5.54. The summed E-state index contributed by atoms with van der Waals surface area (Å²) in [6, 6.07) is 0. The van der Waals surface area contributed by atoms with Gasteiger partial charge in [0, 0.05) is 10.8 Å². The van der Waals surface area contributed by atoms with Crippen LogP contribution in [0.3, 0.4) is 0 Å². The Morgan fingerprint density at radius 1 is 0.684 bits per heavy atom. The molecule has 0 aromatic rings. The van der Waals surface area contributed by atoms with E-state index in [0.29, 0.717) is 0 Å². The first-order valence-electron chi connectivity index (χ1n) is 5.79. The molecule has 0 spiro atoms. The summed E-state index contributed by atoms with van der Waals surface area (Å²) in [5.41, 5.74) is -7.35. The highest BCUT2D eigenvalue weighted by atomic mass is 19.4. The van der Waals surface area contributed by atoms with Crippen molar-refractivity contribution >= 4 is 0 Å². The van der Waals surface area contributed by atoms with Gasteiger partial charge in [0.15, 0.2) is 0 Å². The molecule has 2 rings (SSSR count). The molecule has 0 aromatic carbocycles. The summed E-state index contributed by atoms with van der Waals surface area (Å²) in [5.74, 6) is 0. The minimum absolute atomic E-state index is 1.17. The van der Waals surface area contributed by atoms with Crippen LogP contribution in [0.25, 0.3) is 0 Å². The highest BCUT2D eigenvalue weighted by Crippen LogP contribution is 2.74. The van der Waals surface area contributed by atoms with Crippen LogP contribution >= 0.6 is 0 Å². The molecule has 108 valence electrons. The first-order chi connectivity index (χ1) is 8.20. The van der Waals surface area contributed by atoms with Gasteiger partial charge in [0.25, 0.3) is 0 Å². The van der Waals surface area contributed by atoms with Gasteiger partial charge in [-0.2, -0.15) is 26.3 Å². The van der Waals surface area contributed by atoms with E-state index < -0.39 is 39.7 Å². The summed E-state index contributed by atoms with van der Waals surface area (Å²) in [6.07, 6.45) is -7.44. The maximum atomic E-state index is 13.2. The molecule has 2 atom stereocenters. The Kier molecular flexibility index (Phi) is 2.44. The standard InChI is InChI=1S/C13H14F6/c1-9(2)10(3)5-6-11(9,4)8(13(17,18)19)7(10)12(14,15)16/h5-6H,1-4H3. The minimum atomic E-state index is -4.99. The fourth-order valence-electron chi connectivity index (χ4n) is 3.47. The van der Waals surface area contributed by atoms with Gasteiger partial charge in [-0.3, -0.25) is 0 Å². The Morgan fingerprint density at radius 3 is 1.16 bits per heavy atom. The van der Waals surface area contributed by atoms with Crippen LogP contribution in [-0.2, 0) is 0 Å². The molecule has 0 radical (unpaired) electrons. The van der Waals surface area contributed by atoms with Crippen molar-refractivity contribution in [3.05, 3.63) is 23.3 Å². The molecule has 0 saturated heterocycles. The Hall–Kier alpha value is -0.940. The van der Waals surface area contributed by atoms with Crippen molar-refractivity contribution in [3.8, 4) is 0 Å². The summed E-state index contributed by atoms with van der Waals surface area (Å²) in [6.45, 7) is 5.38. The second-order valence-corrected chi connectivity index (χ2v) is 6.11. The van der Waals surface area contributed by atoms with E-state index in [0.717, 1.165) is 0 Å². The van der Waals surface area contributed by atoms with E-state index in [9.17, 15) is 26.3 Å². The van der Waals surface area contributed by atoms with E-state index in [2.05, 4.69) is 0 Å². The third kappa shape index (κ3) is 1.43. The third-order valence-electron chi connectivity index (χ3n) is 5.20. The average molecular weight is 284 g/mol. The monoisotopic (exact) mass is 284 g/mol. The smallest absolute Gasteiger partial charge is 0.166 e. The molecule has 2 bridgehead atoms. The SMILES string of the molecule is CC12C=CC(C)(C(C(F)(F)F)=C1C(F)(F)F)C2(C)C. The van der Waals surface area contributed by atoms with E-state index >= 15 is 0 Å². The van der Waals surface area contributed by atoms with Crippen molar-refractivity contribution < 1.29 is 26.3 Å². The predicted molar refractivity (Wildman–Crippen MR) is 58.3 cm³/mol. The van der Waals surface area contributed by atoms with E-state index in [1.54, 1.807) is 0 Å². The Bertz CT molecular complexity index is 448. The van der Waals surface area contributed by atoms with Gasteiger partial charge in [0.05, 0.1) is 11.1 Å². The van der Waals surface area contributed by atoms with Gasteiger partial charge >= 0.3 is 12.4 Å². The second-order valence-electron chi connectivity index (χ2n) is 6.11. The topological polar surface area (TPSA) is 0 Å². The van der Waals surface area contributed by atoms with E-state index in [4.69, 9.17) is 0 Å². The second kappa shape index (κ2) is 3.20. The summed E-state index contributed by atoms with van der Waals surface area (Å²) < 4.78 is 79.0. The van der Waals surface area contributed by atoms with E-state index in [-0.39, 0.29) is 0 Å². The quantitative estimate of drug-likeness (QED) is 0.432. The summed E-state index contributed by atoms with van der Waals surface area (Å²) in [4.78, 5) is 0. The van der Waals surface area contributed by atoms with Gasteiger partial charge < -0.3 is 0 Å². The molecule has 0 nitrogen and oxygen atoms in total. The average Bonchev–Trinajstić information content (AvgIpc) is 2.41. The number of halogens is 6. The molecule has 0 N–H and O–H groups in total. The molecule has 0 fully saturated rings. The number of allylic oxidation sites excluding steroid dienone is 4. The van der Waals surface area contributed by atoms with Crippen molar-refractivity contribution in [1.82, 2.24) is 0 Å². The first kappa shape index (κ1) is 14.5. The molecule has 2 unspecified atom stereocenters. The predicted octanol–water partition coefficient (Wildman–Crippen LogP) is 5.03. The molecule has 2 aliphatic carbocycles. The lowest BCUT2D eigenvalue weighted by atomic mass is 9.61. The van der Waals surface area contributed by atoms with Crippen molar-refractivity contribution in [1.29, 1.82) is 0 Å². The lowest BCUT2D eigenvalue weighted by Crippen LogP contribution is -2.38. The Morgan fingerprint density at radius 2 is 0.947 bits per heavy atom. The number of alkyl halides is 6. The molecule has 0 aliphatic heterocycles. The number of hydrogen-bond donors (Lipinski definition) is 0. The van der Waals surface area contributed by atoms with Crippen LogP contribution in [0.15, 0.2) is 23.3 Å². The molecule has 0 aromatic heterocycles. The zero-order chi connectivity index (χ0) is 15.1. The highest BCUT2D eigenvalue weighted by Gasteiger charge is 2.73. The fraction of sp³-hybridized carbons (Fsp3) is 0.692. The number of fused-ring (bicyclic) bond motifs is 2. The molecule has 19 heavy (non-hydrogen) atoms. The van der Waals surface area contributed by atoms with Crippen LogP contribution in [0.1, 0.15) is 27.7 Å². The minimum Gasteiger partial charge on any atom is -0.166 e. The Balaban J connectivity index is 2.85. The lowest BCUT2D eigenvalue weighted by Gasteiger charge is -2.41. The largest absolute Gasteiger partial charge is 0.413 e. The van der Waals surface area contributed by atoms with Crippen molar-refractivity contribution in [2.24, 2.45) is 16.2 Å². The summed E-state index contributed by atoms with van der Waals surface area (Å²) >= 11 is 0. The molecule has 2 aliphatic rings. The van der Waals surface area contributed by atoms with E-state index in [1.165, 1.54) is 39.8 Å². The van der Waals surface area contributed by atoms with Crippen molar-refractivity contribution in [3.63, 3.8) is 0 Å². The maximum absolute atomic E-state index is 13.2. The van der Waals surface area contributed by atoms with Crippen LogP contribution in [-0.4, -0.2) is 12.4 Å². The lowest BCUT2D eigenvalue weighted by molar-refractivity contribution is -0.123. The molecular weight excluding hydrogens is 270 g/mol. The zero-order valence-corrected chi connectivity index (χ0v) is 10.9. The van der Waals surface area contributed by atoms with Crippen LogP contribution in [0.5, 0.6) is 0 Å². The van der Waals surface area contributed by atoms with E-state index in [1.807, 2.05) is 0 Å². The molecule has 6 heteroatoms. The molecule has 0 saturated carbocycles. The van der Waals surface area contributed by atoms with Crippen LogP contribution in [0.2, 0.25) is 0 Å². The van der Waals surface area contributed by atoms with Gasteiger partial charge in [-0.1, -0.05) is 39.8 Å². The Labute approximate surface area is 107 Å². The number of rotatable bonds is 0. The summed E-state index contributed by atoms with van der Waals surface area (Å²) in [5, 5.41) is 0. The van der Waals surface area contributed by atoms with Gasteiger partial charge in [0.2, 0.25) is 0 Å². The van der Waals surface area contributed by atoms with Gasteiger partial charge in [-0.15, -0.1) is 0 Å². The molecule has 0 heterocycles. The van der Waals surface area contributed by atoms with Gasteiger partial charge in [0.1, 0.15) is 0 Å². The van der Waals surface area contributed by atoms with Crippen molar-refractivity contribution in [2.45, 2.75) is 40.0 Å². The first-order valence-corrected chi connectivity index (χ1v) is 5.79. The van der Waals surface area contributed by atoms with Crippen LogP contribution in [0.4, 0.5) is 26.3 Å². The zero-order valence-electron chi connectivity index (χ0n) is 10.9. The maximum Gasteiger partial charge on any atom is 0.413 e. The number of hydrogen-bond acceptors (Lipinski definition) is 0. The molecular formula is C13H14F6. The normalized spacial score (nSPS) is 37.4. The van der Waals surface area contributed by atoms with Crippen LogP contribution in [0, 0.1) is 16.2 Å². The van der Waals surface area contributed by atoms with Gasteiger partial charge in [-0.05, 0) is 5.41 Å². The third-order valence-corrected chi connectivity index (χ3v) is 5.20. The molecule has 0 amide bonds. The van der Waals surface area contributed by atoms with Crippen LogP contribution < -0.4 is 0 Å².